The van der Waals surface area contributed by atoms with E-state index in [4.69, 9.17) is 60.6 Å². The lowest BCUT2D eigenvalue weighted by Gasteiger charge is -2.46. The van der Waals surface area contributed by atoms with Gasteiger partial charge in [-0.3, -0.25) is 4.43 Å². The van der Waals surface area contributed by atoms with Gasteiger partial charge in [0.2, 0.25) is 0 Å². The molecular formula is C27H50O13Si. The molecule has 0 radical (unpaired) electrons. The summed E-state index contributed by atoms with van der Waals surface area (Å²) in [6, 6.07) is 0. The third-order valence-corrected chi connectivity index (χ3v) is 8.90. The first-order valence-electron chi connectivity index (χ1n) is 13.5. The van der Waals surface area contributed by atoms with Crippen molar-refractivity contribution in [2.75, 3.05) is 68.6 Å². The average molecular weight is 611 g/mol. The smallest absolute Gasteiger partial charge is 0.377 e. The molecule has 1 saturated heterocycles. The molecule has 41 heavy (non-hydrogen) atoms. The van der Waals surface area contributed by atoms with Crippen molar-refractivity contribution in [3.63, 3.8) is 0 Å². The average Bonchev–Trinajstić information content (AvgIpc) is 3.81. The van der Waals surface area contributed by atoms with Crippen LogP contribution < -0.4 is 0 Å². The van der Waals surface area contributed by atoms with Crippen molar-refractivity contribution in [3.8, 4) is 0 Å². The first-order valence-corrected chi connectivity index (χ1v) is 15.3. The lowest BCUT2D eigenvalue weighted by molar-refractivity contribution is -0.485. The molecule has 0 aliphatic carbocycles. The predicted molar refractivity (Wildman–Crippen MR) is 150 cm³/mol. The molecule has 1 heterocycles. The van der Waals surface area contributed by atoms with Gasteiger partial charge in [-0.05, 0) is 20.8 Å². The van der Waals surface area contributed by atoms with Crippen LogP contribution >= 0.6 is 0 Å². The summed E-state index contributed by atoms with van der Waals surface area (Å²) in [5, 5.41) is 0. The van der Waals surface area contributed by atoms with Crippen molar-refractivity contribution in [1.29, 1.82) is 0 Å². The van der Waals surface area contributed by atoms with Crippen LogP contribution in [-0.2, 0) is 60.6 Å². The van der Waals surface area contributed by atoms with E-state index in [0.29, 0.717) is 6.61 Å². The summed E-state index contributed by atoms with van der Waals surface area (Å²) < 4.78 is 77.8. The van der Waals surface area contributed by atoms with Crippen LogP contribution in [0.1, 0.15) is 33.6 Å². The quantitative estimate of drug-likeness (QED) is 0.0586. The van der Waals surface area contributed by atoms with E-state index in [1.807, 2.05) is 0 Å². The largest absolute Gasteiger partial charge is 0.542 e. The van der Waals surface area contributed by atoms with Crippen molar-refractivity contribution >= 4 is 8.80 Å². The summed E-state index contributed by atoms with van der Waals surface area (Å²) in [7, 11) is 2.63. The van der Waals surface area contributed by atoms with Crippen LogP contribution in [0.3, 0.4) is 0 Å². The second-order valence-electron chi connectivity index (χ2n) is 8.53. The molecule has 14 heteroatoms. The van der Waals surface area contributed by atoms with Crippen molar-refractivity contribution < 1.29 is 60.6 Å². The Balaban J connectivity index is 3.92. The molecule has 240 valence electrons. The van der Waals surface area contributed by atoms with Crippen molar-refractivity contribution in [1.82, 2.24) is 0 Å². The lowest BCUT2D eigenvalue weighted by atomic mass is 10.3. The van der Waals surface area contributed by atoms with Gasteiger partial charge in [-0.2, -0.15) is 0 Å². The van der Waals surface area contributed by atoms with Crippen LogP contribution in [0.5, 0.6) is 0 Å². The Bertz CT molecular complexity index is 732. The second-order valence-corrected chi connectivity index (χ2v) is 11.0. The number of ether oxygens (including phenoxy) is 10. The SMILES string of the molecule is C=CCC(OC)(OC)O[Si](OC(C=C)C=C)(OC(OCC)(OCC)OCC)C(CC(OC)(OC)OCC1CO1)OC. The fraction of sp³-hybridized carbons (Fsp3) is 0.778. The van der Waals surface area contributed by atoms with E-state index < -0.39 is 38.7 Å². The molecule has 0 amide bonds. The summed E-state index contributed by atoms with van der Waals surface area (Å²) in [6.07, 6.45) is 1.53. The molecule has 0 saturated carbocycles. The molecule has 0 aromatic rings. The fourth-order valence-electron chi connectivity index (χ4n) is 3.74. The van der Waals surface area contributed by atoms with Crippen LogP contribution in [0, 0.1) is 0 Å². The van der Waals surface area contributed by atoms with E-state index in [2.05, 4.69) is 19.7 Å². The van der Waals surface area contributed by atoms with E-state index in [9.17, 15) is 0 Å². The first kappa shape index (κ1) is 37.9. The number of hydrogen-bond donors (Lipinski definition) is 0. The molecule has 0 spiro atoms. The van der Waals surface area contributed by atoms with Gasteiger partial charge < -0.3 is 56.2 Å². The van der Waals surface area contributed by atoms with Crippen molar-refractivity contribution in [3.05, 3.63) is 38.0 Å². The van der Waals surface area contributed by atoms with E-state index >= 15 is 0 Å². The van der Waals surface area contributed by atoms with E-state index in [1.54, 1.807) is 26.8 Å². The highest BCUT2D eigenvalue weighted by Crippen LogP contribution is 2.38. The Morgan fingerprint density at radius 1 is 0.805 bits per heavy atom. The van der Waals surface area contributed by atoms with Crippen molar-refractivity contribution in [2.45, 2.75) is 69.7 Å². The highest BCUT2D eigenvalue weighted by molar-refractivity contribution is 6.62. The zero-order chi connectivity index (χ0) is 31.0. The molecule has 13 nitrogen and oxygen atoms in total. The fourth-order valence-corrected chi connectivity index (χ4v) is 6.86. The minimum Gasteiger partial charge on any atom is -0.377 e. The number of methoxy groups -OCH3 is 5. The standard InChI is InChI=1S/C27H50O13Si/c1-12-18-25(29-8,30-9)39-41(38-22(13-2)14-3,40-27(34-15-4,35-16-5)36-17-6)24(28-7)19-26(31-10,32-11)37-21-23-20-33-23/h12-14,22-24H,1-3,15-21H2,4-11H3. The molecule has 1 aliphatic rings. The number of rotatable bonds is 27. The summed E-state index contributed by atoms with van der Waals surface area (Å²) in [5.74, 6) is -3.38. The van der Waals surface area contributed by atoms with Gasteiger partial charge in [0.15, 0.2) is 0 Å². The summed E-state index contributed by atoms with van der Waals surface area (Å²) in [6.45, 7) is 18.0. The Labute approximate surface area is 245 Å². The Morgan fingerprint density at radius 3 is 1.68 bits per heavy atom. The summed E-state index contributed by atoms with van der Waals surface area (Å²) >= 11 is 0. The molecule has 0 bridgehead atoms. The monoisotopic (exact) mass is 610 g/mol. The zero-order valence-corrected chi connectivity index (χ0v) is 26.8. The number of epoxide rings is 1. The second kappa shape index (κ2) is 18.6. The first-order chi connectivity index (χ1) is 19.6. The Kier molecular flexibility index (Phi) is 17.2. The third-order valence-electron chi connectivity index (χ3n) is 5.94. The third kappa shape index (κ3) is 10.8. The van der Waals surface area contributed by atoms with Gasteiger partial charge in [0, 0.05) is 42.0 Å². The van der Waals surface area contributed by atoms with Gasteiger partial charge >= 0.3 is 15.0 Å². The maximum Gasteiger partial charge on any atom is 0.542 e. The summed E-state index contributed by atoms with van der Waals surface area (Å²) in [4.78, 5) is 0. The zero-order valence-electron chi connectivity index (χ0n) is 25.8. The highest BCUT2D eigenvalue weighted by Gasteiger charge is 2.64. The molecule has 1 fully saturated rings. The van der Waals surface area contributed by atoms with Gasteiger partial charge in [-0.15, -0.1) is 19.7 Å². The molecule has 3 unspecified atom stereocenters. The Morgan fingerprint density at radius 2 is 1.32 bits per heavy atom. The van der Waals surface area contributed by atoms with Crippen LogP contribution in [0.15, 0.2) is 38.0 Å². The highest BCUT2D eigenvalue weighted by atomic mass is 28.4. The van der Waals surface area contributed by atoms with Crippen LogP contribution in [0.2, 0.25) is 0 Å². The van der Waals surface area contributed by atoms with Gasteiger partial charge in [-0.25, -0.2) is 0 Å². The molecular weight excluding hydrogens is 560 g/mol. The minimum absolute atomic E-state index is 0.0604. The molecule has 0 aromatic carbocycles. The van der Waals surface area contributed by atoms with E-state index in [0.717, 1.165) is 0 Å². The predicted octanol–water partition coefficient (Wildman–Crippen LogP) is 3.27. The normalized spacial score (nSPS) is 18.2. The summed E-state index contributed by atoms with van der Waals surface area (Å²) in [5.41, 5.74) is -1.11. The van der Waals surface area contributed by atoms with Crippen LogP contribution in [-0.4, -0.2) is 113 Å². The topological polar surface area (TPSA) is 123 Å². The van der Waals surface area contributed by atoms with Gasteiger partial charge in [0.1, 0.15) is 11.8 Å². The van der Waals surface area contributed by atoms with Crippen LogP contribution in [0.4, 0.5) is 0 Å². The van der Waals surface area contributed by atoms with Crippen LogP contribution in [0.25, 0.3) is 0 Å². The van der Waals surface area contributed by atoms with Crippen molar-refractivity contribution in [2.24, 2.45) is 0 Å². The van der Waals surface area contributed by atoms with E-state index in [-0.39, 0.29) is 45.4 Å². The lowest BCUT2D eigenvalue weighted by Crippen LogP contribution is -2.69. The Hall–Kier alpha value is -1.08. The maximum atomic E-state index is 6.65. The van der Waals surface area contributed by atoms with Gasteiger partial charge in [0.05, 0.1) is 45.6 Å². The minimum atomic E-state index is -4.48. The van der Waals surface area contributed by atoms with Gasteiger partial charge in [0.25, 0.3) is 11.9 Å². The van der Waals surface area contributed by atoms with E-state index in [1.165, 1.54) is 47.7 Å². The molecule has 0 N–H and O–H groups in total. The molecule has 1 aliphatic heterocycles. The molecule has 1 rings (SSSR count). The van der Waals surface area contributed by atoms with Gasteiger partial charge in [-0.1, -0.05) is 18.2 Å². The molecule has 3 atom stereocenters. The maximum absolute atomic E-state index is 6.65. The molecule has 0 aromatic heterocycles. The number of hydrogen-bond acceptors (Lipinski definition) is 13.